The molecule has 0 spiro atoms. The van der Waals surface area contributed by atoms with E-state index in [1.54, 1.807) is 0 Å². The molecule has 15 heavy (non-hydrogen) atoms. The lowest BCUT2D eigenvalue weighted by atomic mass is 10.1. The Hall–Kier alpha value is -1.06. The second-order valence-corrected chi connectivity index (χ2v) is 3.36. The number of carbonyl (C=O) groups excluding carboxylic acids is 2. The lowest BCUT2D eigenvalue weighted by Gasteiger charge is -2.03. The van der Waals surface area contributed by atoms with Crippen LogP contribution < -0.4 is 0 Å². The van der Waals surface area contributed by atoms with E-state index >= 15 is 0 Å². The van der Waals surface area contributed by atoms with Crippen LogP contribution in [-0.2, 0) is 19.1 Å². The molecule has 4 nitrogen and oxygen atoms in total. The number of carbonyl (C=O) groups is 1. The molecule has 0 unspecified atom stereocenters. The molecule has 0 aromatic carbocycles. The van der Waals surface area contributed by atoms with Crippen LogP contribution in [0.1, 0.15) is 45.4 Å². The van der Waals surface area contributed by atoms with Crippen LogP contribution in [0.4, 0.5) is 0 Å². The van der Waals surface area contributed by atoms with Gasteiger partial charge in [-0.3, -0.25) is 0 Å². The molecule has 0 N–H and O–H groups in total. The SMILES string of the molecule is CCCCCCCCOC(=O)CO[C]=O. The predicted octanol–water partition coefficient (Wildman–Crippen LogP) is 1.97. The number of rotatable bonds is 10. The fourth-order valence-electron chi connectivity index (χ4n) is 1.20. The molecule has 0 saturated carbocycles. The molecule has 0 aliphatic carbocycles. The summed E-state index contributed by atoms with van der Waals surface area (Å²) in [5.41, 5.74) is 0. The molecule has 0 saturated heterocycles. The Balaban J connectivity index is 3.09. The van der Waals surface area contributed by atoms with Crippen molar-refractivity contribution in [2.75, 3.05) is 13.2 Å². The molecular weight excluding hydrogens is 196 g/mol. The molecule has 87 valence electrons. The van der Waals surface area contributed by atoms with Crippen molar-refractivity contribution in [2.45, 2.75) is 45.4 Å². The third-order valence-electron chi connectivity index (χ3n) is 2.01. The third-order valence-corrected chi connectivity index (χ3v) is 2.01. The maximum absolute atomic E-state index is 10.8. The monoisotopic (exact) mass is 215 g/mol. The summed E-state index contributed by atoms with van der Waals surface area (Å²) in [4.78, 5) is 20.4. The summed E-state index contributed by atoms with van der Waals surface area (Å²) >= 11 is 0. The molecule has 0 aromatic rings. The molecule has 0 rings (SSSR count). The summed E-state index contributed by atoms with van der Waals surface area (Å²) in [6, 6.07) is 0. The Morgan fingerprint density at radius 1 is 1.13 bits per heavy atom. The van der Waals surface area contributed by atoms with Crippen LogP contribution in [0.3, 0.4) is 0 Å². The van der Waals surface area contributed by atoms with Crippen LogP contribution in [0.25, 0.3) is 0 Å². The normalized spacial score (nSPS) is 9.67. The fourth-order valence-corrected chi connectivity index (χ4v) is 1.20. The average molecular weight is 215 g/mol. The predicted molar refractivity (Wildman–Crippen MR) is 56.0 cm³/mol. The fraction of sp³-hybridized carbons (Fsp3) is 0.818. The first-order valence-electron chi connectivity index (χ1n) is 5.45. The second-order valence-electron chi connectivity index (χ2n) is 3.36. The van der Waals surface area contributed by atoms with E-state index in [1.807, 2.05) is 0 Å². The first kappa shape index (κ1) is 13.9. The van der Waals surface area contributed by atoms with Gasteiger partial charge >= 0.3 is 12.4 Å². The maximum atomic E-state index is 10.8. The van der Waals surface area contributed by atoms with Gasteiger partial charge in [0.1, 0.15) is 0 Å². The number of esters is 1. The van der Waals surface area contributed by atoms with Gasteiger partial charge < -0.3 is 9.47 Å². The molecule has 0 fully saturated rings. The molecule has 0 bridgehead atoms. The number of hydrogen-bond acceptors (Lipinski definition) is 4. The Morgan fingerprint density at radius 2 is 1.80 bits per heavy atom. The van der Waals surface area contributed by atoms with Crippen LogP contribution in [0.5, 0.6) is 0 Å². The van der Waals surface area contributed by atoms with E-state index < -0.39 is 5.97 Å². The molecule has 0 aromatic heterocycles. The van der Waals surface area contributed by atoms with E-state index in [4.69, 9.17) is 4.74 Å². The van der Waals surface area contributed by atoms with Crippen LogP contribution in [0.2, 0.25) is 0 Å². The number of unbranched alkanes of at least 4 members (excludes halogenated alkanes) is 5. The molecule has 0 amide bonds. The highest BCUT2D eigenvalue weighted by atomic mass is 16.6. The molecule has 4 heteroatoms. The highest BCUT2D eigenvalue weighted by molar-refractivity contribution is 5.71. The van der Waals surface area contributed by atoms with E-state index in [9.17, 15) is 9.59 Å². The minimum Gasteiger partial charge on any atom is -0.463 e. The first-order valence-corrected chi connectivity index (χ1v) is 5.45. The van der Waals surface area contributed by atoms with Gasteiger partial charge in [-0.15, -0.1) is 0 Å². The standard InChI is InChI=1S/C11H19O4/c1-2-3-4-5-6-7-8-15-11(13)9-14-10-12/h2-9H2,1H3. The Bertz CT molecular complexity index is 168. The summed E-state index contributed by atoms with van der Waals surface area (Å²) in [5.74, 6) is -0.507. The van der Waals surface area contributed by atoms with Gasteiger partial charge in [-0.1, -0.05) is 39.0 Å². The third kappa shape index (κ3) is 10.9. The van der Waals surface area contributed by atoms with Gasteiger partial charge in [0, 0.05) is 0 Å². The molecule has 0 atom stereocenters. The summed E-state index contributed by atoms with van der Waals surface area (Å²) in [6.07, 6.45) is 6.88. The van der Waals surface area contributed by atoms with Crippen molar-refractivity contribution in [3.8, 4) is 0 Å². The second kappa shape index (κ2) is 11.0. The van der Waals surface area contributed by atoms with E-state index in [0.29, 0.717) is 6.61 Å². The van der Waals surface area contributed by atoms with Crippen molar-refractivity contribution >= 4 is 12.4 Å². The number of hydrogen-bond donors (Lipinski definition) is 0. The van der Waals surface area contributed by atoms with E-state index in [0.717, 1.165) is 12.8 Å². The minimum absolute atomic E-state index is 0.334. The van der Waals surface area contributed by atoms with Gasteiger partial charge in [0.2, 0.25) is 0 Å². The van der Waals surface area contributed by atoms with Gasteiger partial charge in [0.15, 0.2) is 6.61 Å². The van der Waals surface area contributed by atoms with Crippen molar-refractivity contribution in [3.05, 3.63) is 0 Å². The molecule has 1 radical (unpaired) electrons. The summed E-state index contributed by atoms with van der Waals surface area (Å²) in [5, 5.41) is 0. The summed E-state index contributed by atoms with van der Waals surface area (Å²) in [7, 11) is 0. The largest absolute Gasteiger partial charge is 0.463 e. The van der Waals surface area contributed by atoms with Gasteiger partial charge in [-0.2, -0.15) is 0 Å². The Labute approximate surface area is 90.9 Å². The Kier molecular flexibility index (Phi) is 10.2. The summed E-state index contributed by atoms with van der Waals surface area (Å²) < 4.78 is 8.93. The van der Waals surface area contributed by atoms with Gasteiger partial charge in [0.05, 0.1) is 6.61 Å². The van der Waals surface area contributed by atoms with Crippen LogP contribution in [0, 0.1) is 0 Å². The lowest BCUT2D eigenvalue weighted by Crippen LogP contribution is -2.12. The lowest BCUT2D eigenvalue weighted by molar-refractivity contribution is -0.146. The van der Waals surface area contributed by atoms with Crippen molar-refractivity contribution < 1.29 is 19.1 Å². The quantitative estimate of drug-likeness (QED) is 0.413. The zero-order valence-corrected chi connectivity index (χ0v) is 9.29. The highest BCUT2D eigenvalue weighted by Gasteiger charge is 2.01. The molecule has 0 aliphatic heterocycles. The summed E-state index contributed by atoms with van der Waals surface area (Å²) in [6.45, 7) is 3.42. The molecular formula is C11H19O4. The van der Waals surface area contributed by atoms with Gasteiger partial charge in [0.25, 0.3) is 0 Å². The number of ether oxygens (including phenoxy) is 2. The van der Waals surface area contributed by atoms with Gasteiger partial charge in [-0.05, 0) is 6.42 Å². The maximum Gasteiger partial charge on any atom is 0.418 e. The van der Waals surface area contributed by atoms with E-state index in [-0.39, 0.29) is 6.61 Å². The van der Waals surface area contributed by atoms with Crippen molar-refractivity contribution in [2.24, 2.45) is 0 Å². The highest BCUT2D eigenvalue weighted by Crippen LogP contribution is 2.04. The van der Waals surface area contributed by atoms with Gasteiger partial charge in [-0.25, -0.2) is 9.59 Å². The van der Waals surface area contributed by atoms with Crippen LogP contribution in [0.15, 0.2) is 0 Å². The van der Waals surface area contributed by atoms with Crippen LogP contribution in [-0.4, -0.2) is 25.7 Å². The van der Waals surface area contributed by atoms with Crippen molar-refractivity contribution in [1.82, 2.24) is 0 Å². The van der Waals surface area contributed by atoms with Crippen molar-refractivity contribution in [3.63, 3.8) is 0 Å². The van der Waals surface area contributed by atoms with Crippen LogP contribution >= 0.6 is 0 Å². The molecule has 0 heterocycles. The minimum atomic E-state index is -0.507. The zero-order chi connectivity index (χ0) is 11.4. The topological polar surface area (TPSA) is 52.6 Å². The van der Waals surface area contributed by atoms with Crippen molar-refractivity contribution in [1.29, 1.82) is 0 Å². The first-order chi connectivity index (χ1) is 7.31. The van der Waals surface area contributed by atoms with E-state index in [2.05, 4.69) is 11.7 Å². The smallest absolute Gasteiger partial charge is 0.418 e. The Morgan fingerprint density at radius 3 is 2.47 bits per heavy atom. The molecule has 0 aliphatic rings. The average Bonchev–Trinajstić information content (AvgIpc) is 2.25. The zero-order valence-electron chi connectivity index (χ0n) is 9.29. The van der Waals surface area contributed by atoms with E-state index in [1.165, 1.54) is 32.2 Å².